The maximum absolute atomic E-state index is 13.9. The molecule has 5 aromatic rings. The summed E-state index contributed by atoms with van der Waals surface area (Å²) < 4.78 is 19.9. The minimum Gasteiger partial charge on any atom is -0.872 e. The Kier molecular flexibility index (Phi) is 16.1. The van der Waals surface area contributed by atoms with Crippen molar-refractivity contribution in [2.75, 3.05) is 52.8 Å². The number of benzene rings is 7. The number of hydrogen-bond acceptors (Lipinski definition) is 12. The van der Waals surface area contributed by atoms with E-state index in [0.29, 0.717) is 39.0 Å². The number of hydrogen-bond donors (Lipinski definition) is 4. The van der Waals surface area contributed by atoms with E-state index < -0.39 is 51.4 Å². The lowest BCUT2D eigenvalue weighted by molar-refractivity contribution is -0.269. The summed E-state index contributed by atoms with van der Waals surface area (Å²) in [5.41, 5.74) is 2.37. The van der Waals surface area contributed by atoms with Crippen molar-refractivity contribution >= 4 is 80.5 Å². The van der Waals surface area contributed by atoms with E-state index in [-0.39, 0.29) is 99.1 Å². The molecule has 404 valence electrons. The molecule has 0 unspecified atom stereocenters. The molecule has 0 fully saturated rings. The summed E-state index contributed by atoms with van der Waals surface area (Å²) in [5, 5.41) is 46.4. The Morgan fingerprint density at radius 1 is 0.713 bits per heavy atom. The van der Waals surface area contributed by atoms with Gasteiger partial charge in [-0.3, -0.25) is 19.2 Å². The van der Waals surface area contributed by atoms with E-state index >= 15 is 0 Å². The maximum atomic E-state index is 13.9. The van der Waals surface area contributed by atoms with Crippen LogP contribution in [-0.2, 0) is 17.8 Å². The zero-order valence-electron chi connectivity index (χ0n) is 43.6. The van der Waals surface area contributed by atoms with Gasteiger partial charge in [-0.15, -0.1) is 11.7 Å². The van der Waals surface area contributed by atoms with Crippen LogP contribution in [-0.4, -0.2) is 82.7 Å². The third kappa shape index (κ3) is 11.1. The number of halogens is 2. The molecule has 2 aliphatic carbocycles. The molecule has 0 saturated carbocycles. The van der Waals surface area contributed by atoms with Gasteiger partial charge in [0, 0.05) is 118 Å². The van der Waals surface area contributed by atoms with Crippen LogP contribution in [0.1, 0.15) is 69.8 Å². The summed E-state index contributed by atoms with van der Waals surface area (Å²) in [6, 6.07) is 29.1. The zero-order chi connectivity index (χ0) is 57.1. The number of anilines is 1. The summed E-state index contributed by atoms with van der Waals surface area (Å²) >= 11 is 13.8. The summed E-state index contributed by atoms with van der Waals surface area (Å²) in [5.74, 6) is 0.563. The predicted octanol–water partition coefficient (Wildman–Crippen LogP) is 7.25. The Bertz CT molecular complexity index is 4150. The highest BCUT2D eigenvalue weighted by Crippen LogP contribution is 2.47. The van der Waals surface area contributed by atoms with Crippen LogP contribution in [0.3, 0.4) is 0 Å². The fraction of sp³-hybridized carbons (Fsp3) is 0.164. The van der Waals surface area contributed by atoms with Gasteiger partial charge in [-0.2, -0.15) is 0 Å². The molecule has 0 saturated heterocycles. The minimum absolute atomic E-state index is 0.0139. The second-order valence-corrected chi connectivity index (χ2v) is 19.6. The SMILES string of the molecule is CC#CCOCCNC(=O)c1ccc(C(=O)O)c(-c2c3ccc(=O)cc-3oc3c(CNC(=O)c4ccc(CNC(=O)c5cc(Cl)c(-c6c7ccc(=[N+](C)C)cc-7oc7cc(N(C)C)ccc67)c(C(=O)[O-])c5Cl)cc4)c([O-])ccc23)c1. The lowest BCUT2D eigenvalue weighted by Gasteiger charge is -2.22. The van der Waals surface area contributed by atoms with Crippen LogP contribution in [0.2, 0.25) is 10.0 Å². The van der Waals surface area contributed by atoms with Crippen LogP contribution in [0.4, 0.5) is 5.69 Å². The second-order valence-electron chi connectivity index (χ2n) is 18.8. The summed E-state index contributed by atoms with van der Waals surface area (Å²) in [4.78, 5) is 81.3. The lowest BCUT2D eigenvalue weighted by atomic mass is 9.88. The average Bonchev–Trinajstić information content (AvgIpc) is 3.64. The van der Waals surface area contributed by atoms with Crippen molar-refractivity contribution in [1.82, 2.24) is 20.5 Å². The number of carbonyl (C=O) groups is 5. The highest BCUT2D eigenvalue weighted by molar-refractivity contribution is 6.41. The van der Waals surface area contributed by atoms with Crippen molar-refractivity contribution in [3.8, 4) is 62.5 Å². The topological polar surface area (TPSA) is 247 Å². The highest BCUT2D eigenvalue weighted by Gasteiger charge is 2.29. The summed E-state index contributed by atoms with van der Waals surface area (Å²) in [6.07, 6.45) is 0. The van der Waals surface area contributed by atoms with Crippen LogP contribution in [0.15, 0.2) is 129 Å². The van der Waals surface area contributed by atoms with Crippen LogP contribution in [0, 0.1) is 11.8 Å². The lowest BCUT2D eigenvalue weighted by Crippen LogP contribution is -2.27. The number of amides is 3. The molecule has 0 spiro atoms. The first-order valence-corrected chi connectivity index (χ1v) is 25.5. The first kappa shape index (κ1) is 55.3. The van der Waals surface area contributed by atoms with Crippen molar-refractivity contribution in [3.05, 3.63) is 180 Å². The molecule has 9 rings (SSSR count). The number of ether oxygens (including phenoxy) is 1. The van der Waals surface area contributed by atoms with E-state index in [2.05, 4.69) is 27.8 Å². The monoisotopic (exact) mass is 1110 g/mol. The fourth-order valence-corrected chi connectivity index (χ4v) is 9.90. The second kappa shape index (κ2) is 23.2. The molecule has 4 N–H and O–H groups in total. The molecule has 3 amide bonds. The number of carboxylic acid groups (broad SMARTS) is 2. The van der Waals surface area contributed by atoms with Crippen molar-refractivity contribution in [3.63, 3.8) is 0 Å². The number of rotatable bonds is 16. The Balaban J connectivity index is 0.959. The molecular formula is C61H48Cl2N5O12-. The third-order valence-electron chi connectivity index (χ3n) is 13.3. The van der Waals surface area contributed by atoms with Gasteiger partial charge >= 0.3 is 5.97 Å². The first-order chi connectivity index (χ1) is 38.3. The van der Waals surface area contributed by atoms with Crippen LogP contribution >= 0.6 is 23.2 Å². The number of carbonyl (C=O) groups excluding carboxylic acids is 4. The third-order valence-corrected chi connectivity index (χ3v) is 14.0. The number of nitrogens with one attached hydrogen (secondary N) is 3. The van der Waals surface area contributed by atoms with Gasteiger partial charge in [0.25, 0.3) is 17.7 Å². The molecule has 2 aliphatic heterocycles. The molecule has 0 aromatic heterocycles. The highest BCUT2D eigenvalue weighted by atomic mass is 35.5. The number of carboxylic acids is 2. The largest absolute Gasteiger partial charge is 0.872 e. The average molecular weight is 1110 g/mol. The zero-order valence-corrected chi connectivity index (χ0v) is 45.1. The Morgan fingerprint density at radius 3 is 2.11 bits per heavy atom. The van der Waals surface area contributed by atoms with Crippen LogP contribution < -0.4 is 46.4 Å². The molecular weight excluding hydrogens is 1070 g/mol. The van der Waals surface area contributed by atoms with Gasteiger partial charge in [-0.25, -0.2) is 9.37 Å². The number of nitrogens with zero attached hydrogens (tertiary/aromatic N) is 2. The first-order valence-electron chi connectivity index (χ1n) is 24.7. The van der Waals surface area contributed by atoms with E-state index in [1.54, 1.807) is 31.2 Å². The van der Waals surface area contributed by atoms with Crippen LogP contribution in [0.5, 0.6) is 5.75 Å². The van der Waals surface area contributed by atoms with Gasteiger partial charge < -0.3 is 54.5 Å². The molecule has 2 heterocycles. The Morgan fingerprint density at radius 2 is 1.40 bits per heavy atom. The molecule has 19 heteroatoms. The summed E-state index contributed by atoms with van der Waals surface area (Å²) in [7, 11) is 7.51. The van der Waals surface area contributed by atoms with E-state index in [1.807, 2.05) is 61.9 Å². The van der Waals surface area contributed by atoms with Crippen LogP contribution in [0.25, 0.3) is 66.8 Å². The Hall–Kier alpha value is -9.47. The molecule has 0 bridgehead atoms. The van der Waals surface area contributed by atoms with Gasteiger partial charge in [0.05, 0.1) is 39.8 Å². The normalized spacial score (nSPS) is 11.1. The molecule has 0 atom stereocenters. The van der Waals surface area contributed by atoms with Crippen molar-refractivity contribution in [2.24, 2.45) is 0 Å². The van der Waals surface area contributed by atoms with E-state index in [0.717, 1.165) is 11.0 Å². The van der Waals surface area contributed by atoms with Gasteiger partial charge in [-0.1, -0.05) is 53.4 Å². The number of aromatic carboxylic acids is 2. The van der Waals surface area contributed by atoms with E-state index in [4.69, 9.17) is 36.8 Å². The Labute approximate surface area is 466 Å². The van der Waals surface area contributed by atoms with Crippen molar-refractivity contribution in [1.29, 1.82) is 0 Å². The minimum atomic E-state index is -1.67. The van der Waals surface area contributed by atoms with Crippen molar-refractivity contribution < 1.29 is 52.9 Å². The number of fused-ring (bicyclic) bond motifs is 4. The molecule has 5 aromatic carbocycles. The van der Waals surface area contributed by atoms with Gasteiger partial charge in [0.15, 0.2) is 5.43 Å². The molecule has 4 aliphatic rings. The quantitative estimate of drug-likeness (QED) is 0.0323. The molecule has 17 nitrogen and oxygen atoms in total. The van der Waals surface area contributed by atoms with E-state index in [9.17, 15) is 44.1 Å². The van der Waals surface area contributed by atoms with Gasteiger partial charge in [0.1, 0.15) is 43.4 Å². The smallest absolute Gasteiger partial charge is 0.336 e. The standard InChI is InChI=1S/C61H49Cl2N5O12/c1-6-7-23-78-24-22-64-58(72)34-12-16-38(60(74)75)43(25-34)51-39-19-15-37(69)28-50(39)80-56-42(51)20-21-47(70)45(56)31-66-57(71)33-10-8-32(9-11-33)30-65-59(73)44-29-46(62)53(54(55(44)63)61(76)77)52-40-17-13-35(67(2)3)26-48(40)79-49-27-36(68(4)5)14-18-41(49)52/h8-21,25-29H,22-24,30-31H2,1-5H3,(H5-,64,65,66,69,70,71,72,73,74,75,76,77)/p-1. The fourth-order valence-electron chi connectivity index (χ4n) is 9.29. The summed E-state index contributed by atoms with van der Waals surface area (Å²) in [6.45, 7) is 1.74. The van der Waals surface area contributed by atoms with Gasteiger partial charge in [-0.05, 0) is 84.8 Å². The molecule has 0 radical (unpaired) electrons. The van der Waals surface area contributed by atoms with Crippen molar-refractivity contribution in [2.45, 2.75) is 20.0 Å². The molecule has 80 heavy (non-hydrogen) atoms. The van der Waals surface area contributed by atoms with Gasteiger partial charge in [0.2, 0.25) is 5.36 Å². The maximum Gasteiger partial charge on any atom is 0.336 e. The predicted molar refractivity (Wildman–Crippen MR) is 300 cm³/mol. The van der Waals surface area contributed by atoms with E-state index in [1.165, 1.54) is 66.7 Å².